The first kappa shape index (κ1) is 15.2. The van der Waals surface area contributed by atoms with Gasteiger partial charge in [-0.25, -0.2) is 0 Å². The monoisotopic (exact) mass is 250 g/mol. The minimum absolute atomic E-state index is 0. The van der Waals surface area contributed by atoms with E-state index in [0.717, 1.165) is 13.1 Å². The van der Waals surface area contributed by atoms with Crippen LogP contribution in [0.25, 0.3) is 0 Å². The van der Waals surface area contributed by atoms with Gasteiger partial charge in [-0.1, -0.05) is 6.92 Å². The van der Waals surface area contributed by atoms with Crippen LogP contribution in [0.2, 0.25) is 0 Å². The van der Waals surface area contributed by atoms with Gasteiger partial charge in [0.15, 0.2) is 0 Å². The summed E-state index contributed by atoms with van der Waals surface area (Å²) in [6.07, 6.45) is 0. The molecular formula is C10H19ClN2O3. The summed E-state index contributed by atoms with van der Waals surface area (Å²) in [7, 11) is 0. The van der Waals surface area contributed by atoms with E-state index in [1.807, 2.05) is 0 Å². The molecule has 0 aliphatic carbocycles. The number of carbonyl (C=O) groups excluding carboxylic acids is 2. The minimum atomic E-state index is -0.276. The van der Waals surface area contributed by atoms with Crippen molar-refractivity contribution in [2.75, 3.05) is 26.2 Å². The van der Waals surface area contributed by atoms with Crippen LogP contribution in [0.15, 0.2) is 0 Å². The first-order valence-corrected chi connectivity index (χ1v) is 5.30. The molecule has 0 radical (unpaired) electrons. The Kier molecular flexibility index (Phi) is 7.08. The van der Waals surface area contributed by atoms with E-state index in [-0.39, 0.29) is 36.1 Å². The molecule has 1 aliphatic rings. The van der Waals surface area contributed by atoms with Gasteiger partial charge in [-0.05, 0) is 6.92 Å². The summed E-state index contributed by atoms with van der Waals surface area (Å²) in [6.45, 7) is 5.72. The summed E-state index contributed by atoms with van der Waals surface area (Å²) < 4.78 is 4.83. The van der Waals surface area contributed by atoms with Crippen LogP contribution in [-0.2, 0) is 14.3 Å². The number of esters is 1. The topological polar surface area (TPSA) is 67.4 Å². The lowest BCUT2D eigenvalue weighted by Crippen LogP contribution is -2.51. The van der Waals surface area contributed by atoms with Crippen LogP contribution in [0.3, 0.4) is 0 Å². The molecule has 1 rings (SSSR count). The molecule has 1 heterocycles. The summed E-state index contributed by atoms with van der Waals surface area (Å²) in [4.78, 5) is 22.6. The normalized spacial score (nSPS) is 16.6. The third-order valence-electron chi connectivity index (χ3n) is 2.42. The molecule has 16 heavy (non-hydrogen) atoms. The summed E-state index contributed by atoms with van der Waals surface area (Å²) in [5.74, 6) is -0.448. The molecule has 1 amide bonds. The predicted octanol–water partition coefficient (Wildman–Crippen LogP) is -0.0570. The van der Waals surface area contributed by atoms with E-state index in [0.29, 0.717) is 13.2 Å². The fraction of sp³-hybridized carbons (Fsp3) is 0.800. The molecule has 0 bridgehead atoms. The van der Waals surface area contributed by atoms with Crippen LogP contribution in [0.4, 0.5) is 0 Å². The standard InChI is InChI=1S/C10H18N2O3.ClH/c1-3-15-10(14)7(2)4-12-9(13)8-5-11-6-8;/h7-8,11H,3-6H2,1-2H3,(H,12,13);1H. The fourth-order valence-electron chi connectivity index (χ4n) is 1.24. The van der Waals surface area contributed by atoms with Gasteiger partial charge < -0.3 is 15.4 Å². The van der Waals surface area contributed by atoms with Gasteiger partial charge in [-0.3, -0.25) is 9.59 Å². The Balaban J connectivity index is 0.00000225. The molecule has 1 aliphatic heterocycles. The second-order valence-electron chi connectivity index (χ2n) is 3.75. The third kappa shape index (κ3) is 4.37. The summed E-state index contributed by atoms with van der Waals surface area (Å²) in [5, 5.41) is 5.76. The number of hydrogen-bond donors (Lipinski definition) is 2. The zero-order valence-electron chi connectivity index (χ0n) is 9.62. The molecule has 0 spiro atoms. The Bertz CT molecular complexity index is 244. The van der Waals surface area contributed by atoms with Crippen LogP contribution in [0.1, 0.15) is 13.8 Å². The molecule has 0 saturated carbocycles. The van der Waals surface area contributed by atoms with Crippen LogP contribution >= 0.6 is 12.4 Å². The maximum absolute atomic E-state index is 11.4. The number of carbonyl (C=O) groups is 2. The number of ether oxygens (including phenoxy) is 1. The molecule has 0 aromatic rings. The molecule has 1 unspecified atom stereocenters. The van der Waals surface area contributed by atoms with Crippen molar-refractivity contribution in [3.8, 4) is 0 Å². The molecule has 0 aromatic carbocycles. The molecule has 2 N–H and O–H groups in total. The maximum atomic E-state index is 11.4. The number of halogens is 1. The van der Waals surface area contributed by atoms with E-state index in [2.05, 4.69) is 10.6 Å². The fourth-order valence-corrected chi connectivity index (χ4v) is 1.24. The van der Waals surface area contributed by atoms with E-state index in [1.165, 1.54) is 0 Å². The summed E-state index contributed by atoms with van der Waals surface area (Å²) in [6, 6.07) is 0. The molecule has 1 saturated heterocycles. The number of hydrogen-bond acceptors (Lipinski definition) is 4. The van der Waals surface area contributed by atoms with E-state index in [1.54, 1.807) is 13.8 Å². The average molecular weight is 251 g/mol. The number of nitrogens with one attached hydrogen (secondary N) is 2. The smallest absolute Gasteiger partial charge is 0.310 e. The Labute approximate surface area is 102 Å². The van der Waals surface area contributed by atoms with Gasteiger partial charge in [-0.2, -0.15) is 0 Å². The van der Waals surface area contributed by atoms with Crippen molar-refractivity contribution in [3.05, 3.63) is 0 Å². The van der Waals surface area contributed by atoms with Crippen LogP contribution < -0.4 is 10.6 Å². The van der Waals surface area contributed by atoms with Gasteiger partial charge in [0, 0.05) is 19.6 Å². The third-order valence-corrected chi connectivity index (χ3v) is 2.42. The van der Waals surface area contributed by atoms with Crippen molar-refractivity contribution < 1.29 is 14.3 Å². The second kappa shape index (κ2) is 7.46. The first-order valence-electron chi connectivity index (χ1n) is 5.30. The summed E-state index contributed by atoms with van der Waals surface area (Å²) >= 11 is 0. The van der Waals surface area contributed by atoms with Gasteiger partial charge in [0.05, 0.1) is 18.4 Å². The maximum Gasteiger partial charge on any atom is 0.310 e. The van der Waals surface area contributed by atoms with Crippen molar-refractivity contribution in [2.45, 2.75) is 13.8 Å². The molecule has 5 nitrogen and oxygen atoms in total. The molecule has 1 fully saturated rings. The SMILES string of the molecule is CCOC(=O)C(C)CNC(=O)C1CNC1.Cl. The highest BCUT2D eigenvalue weighted by atomic mass is 35.5. The van der Waals surface area contributed by atoms with Crippen molar-refractivity contribution in [1.82, 2.24) is 10.6 Å². The highest BCUT2D eigenvalue weighted by Gasteiger charge is 2.25. The largest absolute Gasteiger partial charge is 0.466 e. The Morgan fingerprint density at radius 3 is 2.56 bits per heavy atom. The zero-order valence-corrected chi connectivity index (χ0v) is 10.4. The predicted molar refractivity (Wildman–Crippen MR) is 62.4 cm³/mol. The quantitative estimate of drug-likeness (QED) is 0.671. The van der Waals surface area contributed by atoms with E-state index >= 15 is 0 Å². The number of rotatable bonds is 5. The lowest BCUT2D eigenvalue weighted by molar-refractivity contribution is -0.147. The van der Waals surface area contributed by atoms with Gasteiger partial charge in [0.2, 0.25) is 5.91 Å². The summed E-state index contributed by atoms with van der Waals surface area (Å²) in [5.41, 5.74) is 0. The van der Waals surface area contributed by atoms with Gasteiger partial charge in [0.1, 0.15) is 0 Å². The van der Waals surface area contributed by atoms with Gasteiger partial charge >= 0.3 is 5.97 Å². The highest BCUT2D eigenvalue weighted by molar-refractivity contribution is 5.85. The second-order valence-corrected chi connectivity index (χ2v) is 3.75. The average Bonchev–Trinajstić information content (AvgIpc) is 2.11. The van der Waals surface area contributed by atoms with Crippen LogP contribution in [0, 0.1) is 11.8 Å². The molecule has 6 heteroatoms. The van der Waals surface area contributed by atoms with Crippen molar-refractivity contribution >= 4 is 24.3 Å². The van der Waals surface area contributed by atoms with E-state index in [9.17, 15) is 9.59 Å². The van der Waals surface area contributed by atoms with Crippen LogP contribution in [-0.4, -0.2) is 38.1 Å². The van der Waals surface area contributed by atoms with Crippen molar-refractivity contribution in [1.29, 1.82) is 0 Å². The first-order chi connectivity index (χ1) is 7.15. The zero-order chi connectivity index (χ0) is 11.3. The highest BCUT2D eigenvalue weighted by Crippen LogP contribution is 2.03. The van der Waals surface area contributed by atoms with Gasteiger partial charge in [-0.15, -0.1) is 12.4 Å². The van der Waals surface area contributed by atoms with E-state index in [4.69, 9.17) is 4.74 Å². The molecule has 1 atom stereocenters. The minimum Gasteiger partial charge on any atom is -0.466 e. The van der Waals surface area contributed by atoms with E-state index < -0.39 is 0 Å². The van der Waals surface area contributed by atoms with Gasteiger partial charge in [0.25, 0.3) is 0 Å². The Hall–Kier alpha value is -0.810. The van der Waals surface area contributed by atoms with Crippen LogP contribution in [0.5, 0.6) is 0 Å². The molecule has 0 aromatic heterocycles. The van der Waals surface area contributed by atoms with Crippen molar-refractivity contribution in [3.63, 3.8) is 0 Å². The molecule has 94 valence electrons. The van der Waals surface area contributed by atoms with Crippen molar-refractivity contribution in [2.24, 2.45) is 11.8 Å². The Morgan fingerprint density at radius 2 is 2.12 bits per heavy atom. The Morgan fingerprint density at radius 1 is 1.50 bits per heavy atom. The number of amides is 1. The lowest BCUT2D eigenvalue weighted by Gasteiger charge is -2.26. The molecular weight excluding hydrogens is 232 g/mol. The lowest BCUT2D eigenvalue weighted by atomic mass is 10.0.